The highest BCUT2D eigenvalue weighted by Gasteiger charge is 2.29. The maximum Gasteiger partial charge on any atom is 0.183 e. The van der Waals surface area contributed by atoms with Crippen LogP contribution in [0.15, 0.2) is 416 Å². The fourth-order valence-electron chi connectivity index (χ4n) is 18.7. The summed E-state index contributed by atoms with van der Waals surface area (Å²) in [5, 5.41) is 12.6. The van der Waals surface area contributed by atoms with Crippen LogP contribution in [0.1, 0.15) is 0 Å². The fraction of sp³-hybridized carbons (Fsp3) is 0. The number of hydrogen-bond donors (Lipinski definition) is 0. The smallest absolute Gasteiger partial charge is 0.183 e. The molecule has 0 saturated heterocycles. The third kappa shape index (κ3) is 11.7. The number of furan rings is 2. The van der Waals surface area contributed by atoms with Gasteiger partial charge in [-0.15, -0.1) is 0 Å². The maximum atomic E-state index is 6.44. The molecule has 0 spiro atoms. The van der Waals surface area contributed by atoms with Gasteiger partial charge in [-0.2, -0.15) is 0 Å². The molecule has 0 unspecified atom stereocenters. The molecular formula is C111H67N13O2. The van der Waals surface area contributed by atoms with Crippen molar-refractivity contribution in [2.75, 3.05) is 0 Å². The van der Waals surface area contributed by atoms with Gasteiger partial charge in [-0.05, 0) is 127 Å². The molecule has 0 aliphatic heterocycles. The van der Waals surface area contributed by atoms with Crippen LogP contribution in [0.2, 0.25) is 0 Å². The lowest BCUT2D eigenvalue weighted by Crippen LogP contribution is -2.01. The molecule has 126 heavy (non-hydrogen) atoms. The van der Waals surface area contributed by atoms with Gasteiger partial charge in [-0.3, -0.25) is 19.9 Å². The minimum absolute atomic E-state index is 0.480. The van der Waals surface area contributed by atoms with E-state index in [1.165, 1.54) is 0 Å². The number of fused-ring (bicyclic) bond motifs is 18. The number of aromatic nitrogens is 13. The van der Waals surface area contributed by atoms with Gasteiger partial charge in [0.25, 0.3) is 0 Å². The van der Waals surface area contributed by atoms with Crippen molar-refractivity contribution in [1.29, 1.82) is 0 Å². The van der Waals surface area contributed by atoms with Crippen LogP contribution in [-0.2, 0) is 0 Å². The summed E-state index contributed by atoms with van der Waals surface area (Å²) in [7, 11) is 0. The van der Waals surface area contributed by atoms with E-state index in [2.05, 4.69) is 267 Å². The largest absolute Gasteiger partial charge is 0.456 e. The average molecular weight is 1610 g/mol. The summed E-state index contributed by atoms with van der Waals surface area (Å²) in [5.74, 6) is 2.17. The Morgan fingerprint density at radius 3 is 0.841 bits per heavy atom. The Bertz CT molecular complexity index is 8190. The van der Waals surface area contributed by atoms with E-state index in [0.29, 0.717) is 34.7 Å². The molecule has 0 atom stereocenters. The minimum atomic E-state index is 0.480. The van der Waals surface area contributed by atoms with Gasteiger partial charge in [-0.25, -0.2) is 24.9 Å². The van der Waals surface area contributed by atoms with Crippen LogP contribution in [0.5, 0.6) is 0 Å². The predicted molar refractivity (Wildman–Crippen MR) is 508 cm³/mol. The zero-order chi connectivity index (χ0) is 82.9. The predicted octanol–water partition coefficient (Wildman–Crippen LogP) is 27.5. The Kier molecular flexibility index (Phi) is 16.6. The van der Waals surface area contributed by atoms with Crippen LogP contribution in [-0.4, -0.2) is 63.1 Å². The van der Waals surface area contributed by atoms with Gasteiger partial charge >= 0.3 is 0 Å². The monoisotopic (exact) mass is 1610 g/mol. The molecule has 26 aromatic rings. The maximum absolute atomic E-state index is 6.44. The number of para-hydroxylation sites is 6. The summed E-state index contributed by atoms with van der Waals surface area (Å²) >= 11 is 0. The third-order valence-corrected chi connectivity index (χ3v) is 24.3. The van der Waals surface area contributed by atoms with Crippen molar-refractivity contribution >= 4 is 131 Å². The van der Waals surface area contributed by atoms with E-state index in [4.69, 9.17) is 53.7 Å². The van der Waals surface area contributed by atoms with E-state index >= 15 is 0 Å². The molecule has 26 rings (SSSR count). The zero-order valence-corrected chi connectivity index (χ0v) is 67.3. The number of benzene rings is 14. The lowest BCUT2D eigenvalue weighted by Gasteiger charge is -2.11. The molecule has 0 saturated carbocycles. The molecule has 15 heteroatoms. The summed E-state index contributed by atoms with van der Waals surface area (Å²) in [5.41, 5.74) is 26.4. The molecule has 12 heterocycles. The molecule has 12 aromatic heterocycles. The summed E-state index contributed by atoms with van der Waals surface area (Å²) in [4.78, 5) is 46.6. The summed E-state index contributed by atoms with van der Waals surface area (Å²) in [6.07, 6.45) is 7.55. The minimum Gasteiger partial charge on any atom is -0.456 e. The van der Waals surface area contributed by atoms with Crippen molar-refractivity contribution in [1.82, 2.24) is 63.1 Å². The quantitative estimate of drug-likeness (QED) is 0.114. The second-order valence-electron chi connectivity index (χ2n) is 31.5. The number of rotatable bonds is 12. The summed E-state index contributed by atoms with van der Waals surface area (Å²) in [6, 6.07) is 132. The first-order valence-corrected chi connectivity index (χ1v) is 42.0. The van der Waals surface area contributed by atoms with E-state index in [-0.39, 0.29) is 0 Å². The van der Waals surface area contributed by atoms with Crippen LogP contribution >= 0.6 is 0 Å². The Hall–Kier alpha value is -17.4. The Morgan fingerprint density at radius 1 is 0.175 bits per heavy atom. The summed E-state index contributed by atoms with van der Waals surface area (Å²) < 4.78 is 22.1. The van der Waals surface area contributed by atoms with Gasteiger partial charge in [-0.1, -0.05) is 243 Å². The first kappa shape index (κ1) is 71.5. The molecule has 14 aromatic carbocycles. The molecular weight excluding hydrogens is 1550 g/mol. The van der Waals surface area contributed by atoms with Gasteiger partial charge in [0.2, 0.25) is 0 Å². The molecule has 15 nitrogen and oxygen atoms in total. The van der Waals surface area contributed by atoms with Crippen LogP contribution in [0.25, 0.3) is 245 Å². The van der Waals surface area contributed by atoms with Gasteiger partial charge in [0.05, 0.1) is 66.9 Å². The number of hydrogen-bond acceptors (Lipinski definition) is 11. The highest BCUT2D eigenvalue weighted by molar-refractivity contribution is 6.24. The molecule has 0 N–H and O–H groups in total. The van der Waals surface area contributed by atoms with Gasteiger partial charge in [0.1, 0.15) is 33.7 Å². The number of pyridine rings is 4. The van der Waals surface area contributed by atoms with Crippen LogP contribution in [0, 0.1) is 0 Å². The fourth-order valence-corrected chi connectivity index (χ4v) is 18.7. The highest BCUT2D eigenvalue weighted by atomic mass is 16.3. The topological polar surface area (TPSA) is 162 Å². The first-order valence-electron chi connectivity index (χ1n) is 42.0. The molecule has 0 amide bonds. The lowest BCUT2D eigenvalue weighted by molar-refractivity contribution is 0.669. The Balaban J connectivity index is 0.000000137. The van der Waals surface area contributed by atoms with Crippen molar-refractivity contribution in [2.24, 2.45) is 0 Å². The molecule has 588 valence electrons. The molecule has 0 aliphatic carbocycles. The standard InChI is InChI=1S/C56H34N6O.C55H33N7O/c1-5-15-35(16-6-1)44-33-45(36-17-7-2-8-18-36)60-56(59-44)55-53-48(28-30-58-55)62(39-21-11-4-12-22-39)47-27-29-57-54(52(47)53)37-25-26-46-41(31-37)42-32-43-40-23-13-14-24-50(40)63-51(43)34-49(42)61(46)38-19-9-3-10-20-38;1-5-15-34(16-6-1)53-58-54(35-17-7-2-8-18-35)60-55(59-53)52-50-45(28-30-57-52)62(38-21-11-4-12-22-38)44-27-29-56-51(49(44)50)36-25-26-43-40(31-36)41-32-42-39-23-13-14-24-47(39)63-48(42)33-46(41)61(43)37-19-9-3-10-20-37/h1-34H;1-33H. The lowest BCUT2D eigenvalue weighted by atomic mass is 10.0. The van der Waals surface area contributed by atoms with E-state index in [9.17, 15) is 0 Å². The van der Waals surface area contributed by atoms with Crippen molar-refractivity contribution in [2.45, 2.75) is 0 Å². The molecule has 0 radical (unpaired) electrons. The van der Waals surface area contributed by atoms with Crippen molar-refractivity contribution in [3.63, 3.8) is 0 Å². The Labute approximate surface area is 719 Å². The zero-order valence-electron chi connectivity index (χ0n) is 67.3. The van der Waals surface area contributed by atoms with Gasteiger partial charge in [0.15, 0.2) is 23.3 Å². The van der Waals surface area contributed by atoms with E-state index in [1.807, 2.05) is 158 Å². The van der Waals surface area contributed by atoms with Gasteiger partial charge in [0, 0.05) is 158 Å². The number of nitrogens with zero attached hydrogens (tertiary/aromatic N) is 13. The van der Waals surface area contributed by atoms with E-state index in [0.717, 1.165) is 210 Å². The summed E-state index contributed by atoms with van der Waals surface area (Å²) in [6.45, 7) is 0. The Morgan fingerprint density at radius 2 is 0.468 bits per heavy atom. The van der Waals surface area contributed by atoms with Crippen molar-refractivity contribution in [3.05, 3.63) is 407 Å². The normalized spacial score (nSPS) is 11.8. The van der Waals surface area contributed by atoms with Crippen molar-refractivity contribution in [3.8, 4) is 114 Å². The first-order chi connectivity index (χ1) is 62.5. The van der Waals surface area contributed by atoms with Gasteiger partial charge < -0.3 is 27.1 Å². The van der Waals surface area contributed by atoms with E-state index in [1.54, 1.807) is 0 Å². The molecule has 0 aliphatic rings. The SMILES string of the molecule is c1ccc(-c2cc(-c3ccccc3)nc(-c3nccc4c3c3c(-c5ccc6c(c5)c5cc7c(cc5n6-c5ccccc5)oc5ccccc57)nccc3n4-c3ccccc3)n2)cc1.c1ccc(-c2nc(-c3ccccc3)nc(-c3nccc4c3c3c(-c5ccc6c(c5)c5cc7c(cc5n6-c5ccccc5)oc5ccccc57)nccc3n4-c3ccccc3)n2)cc1. The van der Waals surface area contributed by atoms with Crippen LogP contribution < -0.4 is 0 Å². The highest BCUT2D eigenvalue weighted by Crippen LogP contribution is 2.48. The molecule has 0 fully saturated rings. The van der Waals surface area contributed by atoms with Crippen molar-refractivity contribution < 1.29 is 8.83 Å². The second-order valence-corrected chi connectivity index (χ2v) is 31.5. The second kappa shape index (κ2) is 29.2. The van der Waals surface area contributed by atoms with E-state index < -0.39 is 0 Å². The average Bonchev–Trinajstić information content (AvgIpc) is 1.56. The van der Waals surface area contributed by atoms with Crippen LogP contribution in [0.4, 0.5) is 0 Å². The van der Waals surface area contributed by atoms with Crippen LogP contribution in [0.3, 0.4) is 0 Å². The third-order valence-electron chi connectivity index (χ3n) is 24.3. The molecule has 0 bridgehead atoms.